The van der Waals surface area contributed by atoms with Gasteiger partial charge in [-0.25, -0.2) is 0 Å². The van der Waals surface area contributed by atoms with E-state index in [1.165, 1.54) is 55.5 Å². The number of hydrogen-bond acceptors (Lipinski definition) is 1. The highest BCUT2D eigenvalue weighted by Gasteiger charge is 2.48. The molecular weight excluding hydrogens is 446 g/mol. The van der Waals surface area contributed by atoms with E-state index >= 15 is 0 Å². The van der Waals surface area contributed by atoms with E-state index in [0.717, 1.165) is 0 Å². The van der Waals surface area contributed by atoms with Gasteiger partial charge in [-0.3, -0.25) is 0 Å². The Morgan fingerprint density at radius 3 is 2.30 bits per heavy atom. The van der Waals surface area contributed by atoms with Gasteiger partial charge in [0, 0.05) is 17.0 Å². The normalized spacial score (nSPS) is 22.6. The van der Waals surface area contributed by atoms with Crippen molar-refractivity contribution in [3.63, 3.8) is 0 Å². The Morgan fingerprint density at radius 2 is 1.41 bits per heavy atom. The predicted molar refractivity (Wildman–Crippen MR) is 155 cm³/mol. The van der Waals surface area contributed by atoms with Crippen LogP contribution < -0.4 is 4.90 Å². The predicted octanol–water partition coefficient (Wildman–Crippen LogP) is 8.90. The summed E-state index contributed by atoms with van der Waals surface area (Å²) in [6.45, 7) is 2.43. The molecule has 1 heterocycles. The molecule has 37 heavy (non-hydrogen) atoms. The van der Waals surface area contributed by atoms with E-state index < -0.39 is 0 Å². The molecular formula is C36H27N. The molecule has 5 aromatic rings. The highest BCUT2D eigenvalue weighted by Crippen LogP contribution is 2.61. The summed E-state index contributed by atoms with van der Waals surface area (Å²) in [5, 5.41) is 2.56. The first kappa shape index (κ1) is 20.8. The molecule has 0 fully saturated rings. The van der Waals surface area contributed by atoms with Gasteiger partial charge >= 0.3 is 0 Å². The number of nitrogens with zero attached hydrogens (tertiary/aromatic N) is 1. The molecule has 176 valence electrons. The van der Waals surface area contributed by atoms with Crippen molar-refractivity contribution in [3.8, 4) is 11.1 Å². The Kier molecular flexibility index (Phi) is 4.25. The topological polar surface area (TPSA) is 3.24 Å². The highest BCUT2D eigenvalue weighted by molar-refractivity contribution is 5.95. The lowest BCUT2D eigenvalue weighted by atomic mass is 9.73. The van der Waals surface area contributed by atoms with Crippen LogP contribution in [0.5, 0.6) is 0 Å². The maximum atomic E-state index is 2.62. The molecule has 8 rings (SSSR count). The molecule has 1 heteroatoms. The van der Waals surface area contributed by atoms with Crippen molar-refractivity contribution >= 4 is 22.1 Å². The van der Waals surface area contributed by atoms with Crippen LogP contribution in [0.1, 0.15) is 35.1 Å². The van der Waals surface area contributed by atoms with Gasteiger partial charge in [0.05, 0.1) is 11.7 Å². The maximum absolute atomic E-state index is 2.62. The largest absolute Gasteiger partial charge is 0.333 e. The zero-order chi connectivity index (χ0) is 24.6. The third-order valence-corrected chi connectivity index (χ3v) is 8.83. The minimum Gasteiger partial charge on any atom is -0.333 e. The Balaban J connectivity index is 1.46. The highest BCUT2D eigenvalue weighted by atomic mass is 15.2. The smallest absolute Gasteiger partial charge is 0.0629 e. The fourth-order valence-corrected chi connectivity index (χ4v) is 7.13. The molecule has 0 saturated carbocycles. The first-order valence-corrected chi connectivity index (χ1v) is 13.2. The van der Waals surface area contributed by atoms with Gasteiger partial charge in [0.2, 0.25) is 0 Å². The van der Waals surface area contributed by atoms with Gasteiger partial charge in [0.15, 0.2) is 0 Å². The third kappa shape index (κ3) is 2.74. The standard InChI is InChI=1S/C36H27N/c1-36(26-13-3-2-4-14-26)32-17-9-7-15-28(32)30-21-22-31-29-16-8-10-18-33(29)37(35(31)34(30)36)27-20-19-24-11-5-6-12-25(24)23-27/h2-23,29,33H,1H3. The molecule has 2 aliphatic carbocycles. The van der Waals surface area contributed by atoms with Crippen LogP contribution in [0.4, 0.5) is 11.4 Å². The second-order valence-electron chi connectivity index (χ2n) is 10.7. The van der Waals surface area contributed by atoms with Crippen molar-refractivity contribution < 1.29 is 0 Å². The van der Waals surface area contributed by atoms with E-state index in [2.05, 4.69) is 145 Å². The summed E-state index contributed by atoms with van der Waals surface area (Å²) in [6.07, 6.45) is 9.20. The molecule has 0 N–H and O–H groups in total. The monoisotopic (exact) mass is 473 g/mol. The summed E-state index contributed by atoms with van der Waals surface area (Å²) in [6, 6.07) is 40.7. The minimum absolute atomic E-state index is 0.242. The van der Waals surface area contributed by atoms with E-state index in [1.54, 1.807) is 0 Å². The van der Waals surface area contributed by atoms with Crippen molar-refractivity contribution in [2.75, 3.05) is 4.90 Å². The number of benzene rings is 5. The molecule has 5 aromatic carbocycles. The molecule has 0 saturated heterocycles. The van der Waals surface area contributed by atoms with Crippen LogP contribution in [-0.2, 0) is 5.41 Å². The average molecular weight is 474 g/mol. The minimum atomic E-state index is -0.242. The van der Waals surface area contributed by atoms with Crippen molar-refractivity contribution in [3.05, 3.63) is 156 Å². The maximum Gasteiger partial charge on any atom is 0.0629 e. The molecule has 0 spiro atoms. The summed E-state index contributed by atoms with van der Waals surface area (Å²) in [4.78, 5) is 2.62. The van der Waals surface area contributed by atoms with Gasteiger partial charge in [-0.1, -0.05) is 121 Å². The van der Waals surface area contributed by atoms with Gasteiger partial charge < -0.3 is 4.90 Å². The molecule has 0 amide bonds. The Labute approximate surface area is 218 Å². The summed E-state index contributed by atoms with van der Waals surface area (Å²) in [7, 11) is 0. The van der Waals surface area contributed by atoms with Crippen molar-refractivity contribution in [1.29, 1.82) is 0 Å². The second kappa shape index (κ2) is 7.57. The molecule has 0 bridgehead atoms. The third-order valence-electron chi connectivity index (χ3n) is 8.83. The van der Waals surface area contributed by atoms with Crippen LogP contribution in [0.2, 0.25) is 0 Å². The van der Waals surface area contributed by atoms with Crippen LogP contribution >= 0.6 is 0 Å². The lowest BCUT2D eigenvalue weighted by Gasteiger charge is -2.34. The molecule has 1 nitrogen and oxygen atoms in total. The van der Waals surface area contributed by atoms with E-state index in [0.29, 0.717) is 5.92 Å². The Hall–Kier alpha value is -4.36. The van der Waals surface area contributed by atoms with Gasteiger partial charge in [-0.2, -0.15) is 0 Å². The Bertz CT molecular complexity index is 1760. The molecule has 3 aliphatic rings. The van der Waals surface area contributed by atoms with E-state index in [9.17, 15) is 0 Å². The number of fused-ring (bicyclic) bond motifs is 8. The lowest BCUT2D eigenvalue weighted by Crippen LogP contribution is -2.31. The number of anilines is 2. The number of allylic oxidation sites excluding steroid dienone is 2. The summed E-state index contributed by atoms with van der Waals surface area (Å²) in [5.74, 6) is 0.334. The van der Waals surface area contributed by atoms with Crippen LogP contribution in [-0.4, -0.2) is 6.04 Å². The van der Waals surface area contributed by atoms with Crippen LogP contribution in [0.25, 0.3) is 21.9 Å². The Morgan fingerprint density at radius 1 is 0.649 bits per heavy atom. The van der Waals surface area contributed by atoms with Gasteiger partial charge in [0.25, 0.3) is 0 Å². The zero-order valence-corrected chi connectivity index (χ0v) is 20.8. The fraction of sp³-hybridized carbons (Fsp3) is 0.111. The van der Waals surface area contributed by atoms with Crippen molar-refractivity contribution in [2.24, 2.45) is 0 Å². The van der Waals surface area contributed by atoms with Gasteiger partial charge in [-0.15, -0.1) is 0 Å². The summed E-state index contributed by atoms with van der Waals surface area (Å²) < 4.78 is 0. The summed E-state index contributed by atoms with van der Waals surface area (Å²) in [5.41, 5.74) is 10.7. The van der Waals surface area contributed by atoms with E-state index in [-0.39, 0.29) is 11.5 Å². The first-order chi connectivity index (χ1) is 18.2. The van der Waals surface area contributed by atoms with E-state index in [1.807, 2.05) is 0 Å². The van der Waals surface area contributed by atoms with Crippen LogP contribution in [0.3, 0.4) is 0 Å². The van der Waals surface area contributed by atoms with Crippen LogP contribution in [0.15, 0.2) is 133 Å². The zero-order valence-electron chi connectivity index (χ0n) is 20.8. The molecule has 0 radical (unpaired) electrons. The summed E-state index contributed by atoms with van der Waals surface area (Å²) >= 11 is 0. The molecule has 1 aliphatic heterocycles. The second-order valence-corrected chi connectivity index (χ2v) is 10.7. The van der Waals surface area contributed by atoms with E-state index in [4.69, 9.17) is 0 Å². The molecule has 3 unspecified atom stereocenters. The van der Waals surface area contributed by atoms with Gasteiger partial charge in [0.1, 0.15) is 0 Å². The average Bonchev–Trinajstić information content (AvgIpc) is 3.44. The molecule has 3 atom stereocenters. The van der Waals surface area contributed by atoms with Crippen molar-refractivity contribution in [1.82, 2.24) is 0 Å². The molecule has 0 aromatic heterocycles. The SMILES string of the molecule is CC1(c2ccccc2)c2ccccc2-c2ccc3c(c21)N(c1ccc2ccccc2c1)C1C=CC=CC31. The number of hydrogen-bond donors (Lipinski definition) is 0. The number of rotatable bonds is 2. The first-order valence-electron chi connectivity index (χ1n) is 13.2. The van der Waals surface area contributed by atoms with Crippen molar-refractivity contribution in [2.45, 2.75) is 24.3 Å². The van der Waals surface area contributed by atoms with Gasteiger partial charge in [-0.05, 0) is 63.2 Å². The van der Waals surface area contributed by atoms with Crippen LogP contribution in [0, 0.1) is 0 Å². The fourth-order valence-electron chi connectivity index (χ4n) is 7.13. The lowest BCUT2D eigenvalue weighted by molar-refractivity contribution is 0.708. The quantitative estimate of drug-likeness (QED) is 0.247.